The number of carbonyl (C=O) groups excluding carboxylic acids is 2. The van der Waals surface area contributed by atoms with Gasteiger partial charge in [-0.2, -0.15) is 10.5 Å². The maximum absolute atomic E-state index is 12.8. The Hall–Kier alpha value is -3.36. The third-order valence-corrected chi connectivity index (χ3v) is 6.44. The third kappa shape index (κ3) is 4.00. The second-order valence-corrected chi connectivity index (χ2v) is 8.11. The first-order valence-corrected chi connectivity index (χ1v) is 10.5. The molecule has 1 amide bonds. The molecule has 1 aliphatic carbocycles. The van der Waals surface area contributed by atoms with Gasteiger partial charge in [-0.15, -0.1) is 11.3 Å². The summed E-state index contributed by atoms with van der Waals surface area (Å²) in [7, 11) is 1.75. The monoisotopic (exact) mass is 422 g/mol. The number of hydrogen-bond donors (Lipinski definition) is 1. The zero-order valence-corrected chi connectivity index (χ0v) is 18.0. The van der Waals surface area contributed by atoms with Crippen molar-refractivity contribution in [3.8, 4) is 12.1 Å². The minimum atomic E-state index is -0.594. The van der Waals surface area contributed by atoms with Crippen molar-refractivity contribution in [1.29, 1.82) is 10.5 Å². The highest BCUT2D eigenvalue weighted by atomic mass is 32.1. The number of amides is 1. The van der Waals surface area contributed by atoms with Crippen molar-refractivity contribution in [1.82, 2.24) is 4.57 Å². The molecule has 0 bridgehead atoms. The lowest BCUT2D eigenvalue weighted by Crippen LogP contribution is -2.16. The molecule has 0 fully saturated rings. The highest BCUT2D eigenvalue weighted by molar-refractivity contribution is 7.17. The topological polar surface area (TPSA) is 108 Å². The normalized spacial score (nSPS) is 13.2. The lowest BCUT2D eigenvalue weighted by molar-refractivity contribution is -0.112. The number of rotatable bonds is 5. The summed E-state index contributed by atoms with van der Waals surface area (Å²) in [4.78, 5) is 26.5. The molecule has 0 saturated carbocycles. The summed E-state index contributed by atoms with van der Waals surface area (Å²) >= 11 is 1.38. The zero-order valence-electron chi connectivity index (χ0n) is 17.2. The summed E-state index contributed by atoms with van der Waals surface area (Å²) in [5, 5.41) is 21.9. The number of hydrogen-bond acceptors (Lipinski definition) is 6. The van der Waals surface area contributed by atoms with Crippen LogP contribution in [0.3, 0.4) is 0 Å². The first kappa shape index (κ1) is 21.4. The van der Waals surface area contributed by atoms with E-state index in [0.29, 0.717) is 21.8 Å². The van der Waals surface area contributed by atoms with Crippen molar-refractivity contribution in [3.05, 3.63) is 44.6 Å². The molecule has 7 nitrogen and oxygen atoms in total. The molecule has 0 atom stereocenters. The SMILES string of the molecule is CCOC(=O)c1c(NC(=O)/C(C#N)=C/c2cc(C#N)n(C)c2C)sc2c1CCCC2. The molecule has 2 heterocycles. The summed E-state index contributed by atoms with van der Waals surface area (Å²) in [6, 6.07) is 5.64. The van der Waals surface area contributed by atoms with Gasteiger partial charge in [-0.25, -0.2) is 4.79 Å². The first-order valence-electron chi connectivity index (χ1n) is 9.72. The lowest BCUT2D eigenvalue weighted by Gasteiger charge is -2.12. The van der Waals surface area contributed by atoms with Gasteiger partial charge in [0.1, 0.15) is 28.4 Å². The van der Waals surface area contributed by atoms with Gasteiger partial charge < -0.3 is 14.6 Å². The Morgan fingerprint density at radius 3 is 2.70 bits per heavy atom. The van der Waals surface area contributed by atoms with E-state index in [1.165, 1.54) is 17.4 Å². The van der Waals surface area contributed by atoms with Crippen LogP contribution in [0.1, 0.15) is 57.5 Å². The number of esters is 1. The van der Waals surface area contributed by atoms with E-state index in [1.807, 2.05) is 13.0 Å². The van der Waals surface area contributed by atoms with E-state index < -0.39 is 11.9 Å². The Bertz CT molecular complexity index is 1120. The van der Waals surface area contributed by atoms with Crippen molar-refractivity contribution in [2.75, 3.05) is 11.9 Å². The number of aryl methyl sites for hydroxylation is 1. The van der Waals surface area contributed by atoms with Gasteiger partial charge in [0.2, 0.25) is 0 Å². The Morgan fingerprint density at radius 1 is 1.33 bits per heavy atom. The van der Waals surface area contributed by atoms with Crippen molar-refractivity contribution >= 4 is 34.3 Å². The van der Waals surface area contributed by atoms with Crippen LogP contribution in [-0.2, 0) is 29.4 Å². The van der Waals surface area contributed by atoms with E-state index in [9.17, 15) is 20.1 Å². The third-order valence-electron chi connectivity index (χ3n) is 5.23. The van der Waals surface area contributed by atoms with E-state index >= 15 is 0 Å². The summed E-state index contributed by atoms with van der Waals surface area (Å²) in [5.74, 6) is -1.05. The fraction of sp³-hybridized carbons (Fsp3) is 0.364. The van der Waals surface area contributed by atoms with Crippen LogP contribution in [0.5, 0.6) is 0 Å². The summed E-state index contributed by atoms with van der Waals surface area (Å²) in [5.41, 5.74) is 3.08. The van der Waals surface area contributed by atoms with Crippen LogP contribution in [-0.4, -0.2) is 23.1 Å². The zero-order chi connectivity index (χ0) is 21.8. The van der Waals surface area contributed by atoms with Crippen LogP contribution in [0.4, 0.5) is 5.00 Å². The fourth-order valence-corrected chi connectivity index (χ4v) is 4.80. The van der Waals surface area contributed by atoms with Crippen LogP contribution in [0.25, 0.3) is 6.08 Å². The minimum absolute atomic E-state index is 0.102. The molecule has 0 unspecified atom stereocenters. The number of aromatic nitrogens is 1. The summed E-state index contributed by atoms with van der Waals surface area (Å²) in [6.07, 6.45) is 5.13. The number of fused-ring (bicyclic) bond motifs is 1. The van der Waals surface area contributed by atoms with Gasteiger partial charge in [0.25, 0.3) is 5.91 Å². The average molecular weight is 423 g/mol. The maximum atomic E-state index is 12.8. The number of ether oxygens (including phenoxy) is 1. The molecule has 30 heavy (non-hydrogen) atoms. The highest BCUT2D eigenvalue weighted by Gasteiger charge is 2.27. The molecule has 154 valence electrons. The van der Waals surface area contributed by atoms with Gasteiger partial charge in [-0.1, -0.05) is 0 Å². The maximum Gasteiger partial charge on any atom is 0.341 e. The number of carbonyl (C=O) groups is 2. The molecule has 2 aromatic rings. The van der Waals surface area contributed by atoms with Gasteiger partial charge in [0, 0.05) is 17.6 Å². The molecular formula is C22H22N4O3S. The van der Waals surface area contributed by atoms with Crippen LogP contribution >= 0.6 is 11.3 Å². The number of nitriles is 2. The van der Waals surface area contributed by atoms with Gasteiger partial charge in [0.15, 0.2) is 0 Å². The molecule has 2 aromatic heterocycles. The summed E-state index contributed by atoms with van der Waals surface area (Å²) in [6.45, 7) is 3.80. The van der Waals surface area contributed by atoms with Crippen LogP contribution < -0.4 is 5.32 Å². The van der Waals surface area contributed by atoms with Crippen LogP contribution in [0.15, 0.2) is 11.6 Å². The smallest absolute Gasteiger partial charge is 0.341 e. The van der Waals surface area contributed by atoms with E-state index in [1.54, 1.807) is 24.6 Å². The van der Waals surface area contributed by atoms with Crippen molar-refractivity contribution in [3.63, 3.8) is 0 Å². The second kappa shape index (κ2) is 8.98. The van der Waals surface area contributed by atoms with Gasteiger partial charge in [-0.05, 0) is 62.8 Å². The van der Waals surface area contributed by atoms with Gasteiger partial charge >= 0.3 is 5.97 Å². The largest absolute Gasteiger partial charge is 0.462 e. The molecule has 3 rings (SSSR count). The highest BCUT2D eigenvalue weighted by Crippen LogP contribution is 2.38. The van der Waals surface area contributed by atoms with E-state index in [0.717, 1.165) is 41.8 Å². The van der Waals surface area contributed by atoms with Crippen LogP contribution in [0, 0.1) is 29.6 Å². The number of thiophene rings is 1. The molecule has 0 aromatic carbocycles. The lowest BCUT2D eigenvalue weighted by atomic mass is 9.95. The first-order chi connectivity index (χ1) is 14.4. The Balaban J connectivity index is 1.95. The number of nitrogens with zero attached hydrogens (tertiary/aromatic N) is 3. The Labute approximate surface area is 179 Å². The molecule has 0 spiro atoms. The molecule has 0 saturated heterocycles. The molecule has 0 aliphatic heterocycles. The Kier molecular flexibility index (Phi) is 6.39. The van der Waals surface area contributed by atoms with Crippen molar-refractivity contribution in [2.24, 2.45) is 7.05 Å². The van der Waals surface area contributed by atoms with Gasteiger partial charge in [-0.3, -0.25) is 4.79 Å². The number of anilines is 1. The quantitative estimate of drug-likeness (QED) is 0.447. The van der Waals surface area contributed by atoms with E-state index in [-0.39, 0.29) is 12.2 Å². The number of nitrogens with one attached hydrogen (secondary N) is 1. The fourth-order valence-electron chi connectivity index (χ4n) is 3.52. The standard InChI is InChI=1S/C22H22N4O3S/c1-4-29-22(28)19-17-7-5-6-8-18(17)30-21(19)25-20(27)15(11-23)9-14-10-16(12-24)26(3)13(14)2/h9-10H,4-8H2,1-3H3,(H,25,27)/b15-9+. The molecule has 1 aliphatic rings. The molecular weight excluding hydrogens is 400 g/mol. The minimum Gasteiger partial charge on any atom is -0.462 e. The van der Waals surface area contributed by atoms with Crippen LogP contribution in [0.2, 0.25) is 0 Å². The van der Waals surface area contributed by atoms with E-state index in [4.69, 9.17) is 4.74 Å². The molecule has 8 heteroatoms. The second-order valence-electron chi connectivity index (χ2n) is 7.00. The average Bonchev–Trinajstić information content (AvgIpc) is 3.23. The molecule has 1 N–H and O–H groups in total. The van der Waals surface area contributed by atoms with Crippen molar-refractivity contribution < 1.29 is 14.3 Å². The summed E-state index contributed by atoms with van der Waals surface area (Å²) < 4.78 is 6.90. The van der Waals surface area contributed by atoms with Gasteiger partial charge in [0.05, 0.1) is 12.2 Å². The predicted octanol–water partition coefficient (Wildman–Crippen LogP) is 3.87. The van der Waals surface area contributed by atoms with Crippen molar-refractivity contribution in [2.45, 2.75) is 39.5 Å². The van der Waals surface area contributed by atoms with E-state index in [2.05, 4.69) is 11.4 Å². The molecule has 0 radical (unpaired) electrons. The Morgan fingerprint density at radius 2 is 2.07 bits per heavy atom. The predicted molar refractivity (Wildman–Crippen MR) is 114 cm³/mol.